The van der Waals surface area contributed by atoms with Gasteiger partial charge in [-0.1, -0.05) is 30.3 Å². The van der Waals surface area contributed by atoms with E-state index in [-0.39, 0.29) is 37.5 Å². The molecule has 1 atom stereocenters. The molecule has 2 aliphatic rings. The van der Waals surface area contributed by atoms with Crippen LogP contribution in [0.5, 0.6) is 0 Å². The maximum Gasteiger partial charge on any atom is 0.430 e. The zero-order valence-electron chi connectivity index (χ0n) is 25.4. The van der Waals surface area contributed by atoms with E-state index in [1.54, 1.807) is 0 Å². The van der Waals surface area contributed by atoms with Gasteiger partial charge in [0.2, 0.25) is 11.8 Å². The van der Waals surface area contributed by atoms with Crippen LogP contribution in [0, 0.1) is 23.4 Å². The maximum absolute atomic E-state index is 14.5. The first-order valence-electron chi connectivity index (χ1n) is 14.6. The molecule has 2 aliphatic heterocycles. The highest BCUT2D eigenvalue weighted by Gasteiger charge is 2.73. The van der Waals surface area contributed by atoms with E-state index in [4.69, 9.17) is 0 Å². The smallest absolute Gasteiger partial charge is 0.349 e. The maximum atomic E-state index is 14.5. The summed E-state index contributed by atoms with van der Waals surface area (Å²) < 4.78 is 160. The lowest BCUT2D eigenvalue weighted by Crippen LogP contribution is -2.56. The van der Waals surface area contributed by atoms with E-state index >= 15 is 0 Å². The van der Waals surface area contributed by atoms with Gasteiger partial charge < -0.3 is 14.5 Å². The van der Waals surface area contributed by atoms with Gasteiger partial charge in [0.15, 0.2) is 9.84 Å². The second-order valence-electron chi connectivity index (χ2n) is 11.8. The Morgan fingerprint density at radius 2 is 1.39 bits per heavy atom. The fourth-order valence-electron chi connectivity index (χ4n) is 6.16. The third kappa shape index (κ3) is 6.15. The van der Waals surface area contributed by atoms with Gasteiger partial charge in [-0.05, 0) is 48.4 Å². The number of carbonyl (C=O) groups excluding carboxylic acids is 2. The molecule has 17 heteroatoms. The van der Waals surface area contributed by atoms with Crippen LogP contribution in [0.4, 0.5) is 39.5 Å². The van der Waals surface area contributed by atoms with Crippen LogP contribution in [0.15, 0.2) is 71.6 Å². The molecular weight excluding hydrogens is 695 g/mol. The van der Waals surface area contributed by atoms with Gasteiger partial charge in [-0.3, -0.25) is 9.59 Å². The molecule has 49 heavy (non-hydrogen) atoms. The first kappa shape index (κ1) is 36.2. The Hall–Kier alpha value is -4.12. The van der Waals surface area contributed by atoms with E-state index in [0.29, 0.717) is 24.3 Å². The van der Waals surface area contributed by atoms with Crippen molar-refractivity contribution in [3.8, 4) is 0 Å². The number of hydrogen-bond donors (Lipinski definition) is 0. The van der Waals surface area contributed by atoms with Crippen molar-refractivity contribution in [3.63, 3.8) is 0 Å². The fourth-order valence-corrected chi connectivity index (χ4v) is 8.24. The highest BCUT2D eigenvalue weighted by Crippen LogP contribution is 2.54. The van der Waals surface area contributed by atoms with Crippen LogP contribution < -0.4 is 0 Å². The highest BCUT2D eigenvalue weighted by atomic mass is 32.2. The fraction of sp³-hybridized carbons (Fsp3) is 0.375. The van der Waals surface area contributed by atoms with Crippen molar-refractivity contribution in [2.75, 3.05) is 26.2 Å². The molecule has 0 bridgehead atoms. The summed E-state index contributed by atoms with van der Waals surface area (Å²) in [6.45, 7) is -1.06. The van der Waals surface area contributed by atoms with Crippen LogP contribution in [0.1, 0.15) is 30.0 Å². The summed E-state index contributed by atoms with van der Waals surface area (Å²) >= 11 is 0. The zero-order chi connectivity index (χ0) is 36.2. The topological polar surface area (TPSA) is 84.0 Å². The van der Waals surface area contributed by atoms with Crippen molar-refractivity contribution >= 4 is 21.7 Å². The molecule has 3 aromatic carbocycles. The third-order valence-corrected chi connectivity index (χ3v) is 11.5. The number of sulfone groups is 1. The van der Waals surface area contributed by atoms with E-state index in [2.05, 4.69) is 4.74 Å². The van der Waals surface area contributed by atoms with Gasteiger partial charge in [-0.15, -0.1) is 0 Å². The van der Waals surface area contributed by atoms with Crippen LogP contribution in [0.25, 0.3) is 0 Å². The Bertz CT molecular complexity index is 1810. The van der Waals surface area contributed by atoms with E-state index in [1.165, 1.54) is 16.7 Å². The largest absolute Gasteiger partial charge is 0.430 e. The Morgan fingerprint density at radius 3 is 1.90 bits per heavy atom. The van der Waals surface area contributed by atoms with Crippen LogP contribution in [-0.4, -0.2) is 68.6 Å². The summed E-state index contributed by atoms with van der Waals surface area (Å²) in [5, 5.41) is 0. The zero-order valence-corrected chi connectivity index (χ0v) is 26.2. The molecule has 264 valence electrons. The number of rotatable bonds is 8. The number of halogens is 9. The van der Waals surface area contributed by atoms with Crippen molar-refractivity contribution in [2.24, 2.45) is 5.92 Å². The number of hydrogen-bond acceptors (Lipinski definition) is 5. The summed E-state index contributed by atoms with van der Waals surface area (Å²) in [5.41, 5.74) is -8.14. The molecule has 0 aliphatic carbocycles. The standard InChI is InChI=1S/C32H27F9N2O5S/c1-19(44)43-15-20(16-43)28(45)42-14-13-29(18-42,49(46,47)24-11-9-23(33)10-12-24)21-5-7-22(8-6-21)30(31(36,37)38,32(39,40)41)48-17-25-26(34)3-2-4-27(25)35/h2-12,20H,13-18H2,1H3/t29-/m0/s1. The Balaban J connectivity index is 1.58. The Kier molecular flexibility index (Phi) is 9.33. The summed E-state index contributed by atoms with van der Waals surface area (Å²) in [4.78, 5) is 27.0. The van der Waals surface area contributed by atoms with Crippen LogP contribution >= 0.6 is 0 Å². The van der Waals surface area contributed by atoms with Crippen molar-refractivity contribution < 1.29 is 62.3 Å². The van der Waals surface area contributed by atoms with E-state index in [1.807, 2.05) is 0 Å². The quantitative estimate of drug-likeness (QED) is 0.210. The number of likely N-dealkylation sites (tertiary alicyclic amines) is 2. The minimum absolute atomic E-state index is 0.0742. The summed E-state index contributed by atoms with van der Waals surface area (Å²) in [5.74, 6) is -5.13. The average Bonchev–Trinajstić information content (AvgIpc) is 3.44. The third-order valence-electron chi connectivity index (χ3n) is 8.97. The molecule has 2 amide bonds. The first-order chi connectivity index (χ1) is 22.7. The van der Waals surface area contributed by atoms with Crippen molar-refractivity contribution in [1.29, 1.82) is 0 Å². The lowest BCUT2D eigenvalue weighted by Gasteiger charge is -2.40. The molecule has 2 heterocycles. The van der Waals surface area contributed by atoms with Gasteiger partial charge in [-0.2, -0.15) is 26.3 Å². The minimum Gasteiger partial charge on any atom is -0.349 e. The minimum atomic E-state index is -6.24. The van der Waals surface area contributed by atoms with E-state index in [9.17, 15) is 57.5 Å². The number of ether oxygens (including phenoxy) is 1. The predicted octanol–water partition coefficient (Wildman–Crippen LogP) is 6.02. The predicted molar refractivity (Wildman–Crippen MR) is 154 cm³/mol. The molecular formula is C32H27F9N2O5S. The van der Waals surface area contributed by atoms with Gasteiger partial charge >= 0.3 is 12.4 Å². The number of benzene rings is 3. The second kappa shape index (κ2) is 12.6. The van der Waals surface area contributed by atoms with Crippen molar-refractivity contribution in [1.82, 2.24) is 9.80 Å². The Labute approximate surface area is 274 Å². The monoisotopic (exact) mass is 722 g/mol. The molecule has 0 unspecified atom stereocenters. The second-order valence-corrected chi connectivity index (χ2v) is 14.1. The molecule has 2 saturated heterocycles. The molecule has 0 aromatic heterocycles. The van der Waals surface area contributed by atoms with Gasteiger partial charge in [0.1, 0.15) is 22.2 Å². The molecule has 3 aromatic rings. The average molecular weight is 723 g/mol. The Morgan fingerprint density at radius 1 is 0.837 bits per heavy atom. The van der Waals surface area contributed by atoms with Crippen molar-refractivity contribution in [2.45, 2.75) is 47.5 Å². The van der Waals surface area contributed by atoms with Gasteiger partial charge in [0.05, 0.1) is 17.4 Å². The van der Waals surface area contributed by atoms with Crippen LogP contribution in [-0.2, 0) is 41.1 Å². The molecule has 0 radical (unpaired) electrons. The number of carbonyl (C=O) groups is 2. The normalized spacial score (nSPS) is 19.2. The van der Waals surface area contributed by atoms with Gasteiger partial charge in [0, 0.05) is 44.2 Å². The molecule has 5 rings (SSSR count). The van der Waals surface area contributed by atoms with E-state index < -0.39 is 91.0 Å². The molecule has 0 saturated carbocycles. The lowest BCUT2D eigenvalue weighted by atomic mass is 9.88. The van der Waals surface area contributed by atoms with Crippen molar-refractivity contribution in [3.05, 3.63) is 101 Å². The SMILES string of the molecule is CC(=O)N1CC(C(=O)N2CC[C@](c3ccc(C(OCc4c(F)cccc4F)(C(F)(F)F)C(F)(F)F)cc3)(S(=O)(=O)c3ccc(F)cc3)C2)C1. The van der Waals surface area contributed by atoms with Gasteiger partial charge in [-0.25, -0.2) is 21.6 Å². The summed E-state index contributed by atoms with van der Waals surface area (Å²) in [6.07, 6.45) is -12.8. The lowest BCUT2D eigenvalue weighted by molar-refractivity contribution is -0.392. The number of amides is 2. The number of nitrogens with zero attached hydrogens (tertiary/aromatic N) is 2. The van der Waals surface area contributed by atoms with Crippen LogP contribution in [0.2, 0.25) is 0 Å². The summed E-state index contributed by atoms with van der Waals surface area (Å²) in [7, 11) is -4.62. The van der Waals surface area contributed by atoms with Crippen LogP contribution in [0.3, 0.4) is 0 Å². The van der Waals surface area contributed by atoms with Gasteiger partial charge in [0.25, 0.3) is 5.60 Å². The first-order valence-corrected chi connectivity index (χ1v) is 16.1. The molecule has 0 spiro atoms. The summed E-state index contributed by atoms with van der Waals surface area (Å²) in [6, 6.07) is 7.86. The molecule has 0 N–H and O–H groups in total. The molecule has 7 nitrogen and oxygen atoms in total. The van der Waals surface area contributed by atoms with E-state index in [0.717, 1.165) is 42.5 Å². The molecule has 2 fully saturated rings. The number of alkyl halides is 6. The highest BCUT2D eigenvalue weighted by molar-refractivity contribution is 7.92.